The number of aliphatic hydroxyl groups is 1. The number of benzene rings is 1. The maximum atomic E-state index is 13.2. The first-order chi connectivity index (χ1) is 15.0. The monoisotopic (exact) mass is 459 g/mol. The molecular weight excluding hydrogens is 438 g/mol. The maximum Gasteiger partial charge on any atom is 0.258 e. The number of rotatable bonds is 4. The lowest BCUT2D eigenvalue weighted by Gasteiger charge is -2.31. The molecule has 31 heavy (non-hydrogen) atoms. The number of carbonyl (C=O) groups is 1. The summed E-state index contributed by atoms with van der Waals surface area (Å²) < 4.78 is 12.4. The number of hydrogen-bond acceptors (Lipinski definition) is 7. The third-order valence-electron chi connectivity index (χ3n) is 5.66. The van der Waals surface area contributed by atoms with E-state index in [-0.39, 0.29) is 12.5 Å². The molecule has 0 aliphatic carbocycles. The summed E-state index contributed by atoms with van der Waals surface area (Å²) in [5, 5.41) is 15.2. The fourth-order valence-corrected chi connectivity index (χ4v) is 5.20. The van der Waals surface area contributed by atoms with Gasteiger partial charge in [-0.3, -0.25) is 9.78 Å². The topological polar surface area (TPSA) is 83.9 Å². The molecule has 5 rings (SSSR count). The Labute approximate surface area is 188 Å². The van der Waals surface area contributed by atoms with Crippen LogP contribution in [0.4, 0.5) is 11.4 Å². The zero-order valence-corrected chi connectivity index (χ0v) is 18.6. The molecular formula is C22H22ClN3O4S. The van der Waals surface area contributed by atoms with Crippen molar-refractivity contribution >= 4 is 50.4 Å². The van der Waals surface area contributed by atoms with Crippen molar-refractivity contribution in [3.05, 3.63) is 45.9 Å². The molecule has 0 radical (unpaired) electrons. The Morgan fingerprint density at radius 1 is 1.35 bits per heavy atom. The highest BCUT2D eigenvalue weighted by Crippen LogP contribution is 2.42. The minimum Gasteiger partial charge on any atom is -0.484 e. The minimum atomic E-state index is -0.653. The first-order valence-electron chi connectivity index (χ1n) is 10.1. The molecule has 1 aromatic carbocycles. The number of ether oxygens (including phenoxy) is 2. The smallest absolute Gasteiger partial charge is 0.258 e. The van der Waals surface area contributed by atoms with Gasteiger partial charge in [0, 0.05) is 42.7 Å². The van der Waals surface area contributed by atoms with E-state index >= 15 is 0 Å². The Bertz CT molecular complexity index is 1160. The van der Waals surface area contributed by atoms with Crippen LogP contribution in [0.3, 0.4) is 0 Å². The van der Waals surface area contributed by atoms with E-state index in [2.05, 4.69) is 15.2 Å². The Balaban J connectivity index is 1.51. The maximum absolute atomic E-state index is 13.2. The van der Waals surface area contributed by atoms with Gasteiger partial charge in [-0.15, -0.1) is 11.3 Å². The van der Waals surface area contributed by atoms with Crippen LogP contribution in [0.25, 0.3) is 10.2 Å². The predicted octanol–water partition coefficient (Wildman–Crippen LogP) is 3.72. The summed E-state index contributed by atoms with van der Waals surface area (Å²) in [6, 6.07) is 5.73. The molecule has 4 heterocycles. The van der Waals surface area contributed by atoms with Gasteiger partial charge in [-0.2, -0.15) is 0 Å². The molecule has 0 spiro atoms. The van der Waals surface area contributed by atoms with Gasteiger partial charge in [-0.1, -0.05) is 11.6 Å². The van der Waals surface area contributed by atoms with Crippen molar-refractivity contribution in [2.75, 3.05) is 43.1 Å². The number of hydrogen-bond donors (Lipinski definition) is 2. The van der Waals surface area contributed by atoms with E-state index in [1.807, 2.05) is 25.1 Å². The molecule has 2 N–H and O–H groups in total. The zero-order chi connectivity index (χ0) is 21.6. The largest absolute Gasteiger partial charge is 0.484 e. The molecule has 0 unspecified atom stereocenters. The molecule has 2 aliphatic heterocycles. The molecule has 3 aromatic rings. The second-order valence-corrected chi connectivity index (χ2v) is 9.41. The molecule has 1 atom stereocenters. The molecule has 2 aliphatic rings. The Morgan fingerprint density at radius 3 is 2.94 bits per heavy atom. The van der Waals surface area contributed by atoms with Gasteiger partial charge in [-0.25, -0.2) is 0 Å². The number of nitrogens with zero attached hydrogens (tertiary/aromatic N) is 2. The third kappa shape index (κ3) is 3.85. The van der Waals surface area contributed by atoms with Gasteiger partial charge in [0.15, 0.2) is 0 Å². The lowest BCUT2D eigenvalue weighted by Crippen LogP contribution is -2.36. The standard InChI is InChI=1S/C22H22ClN3O4S/c1-22(12-27)9-13-6-16(17(8-18(13)30-22)26-2-4-29-5-3-26)25-21(28)15-11-31-19-7-14(23)10-24-20(15)19/h6-8,10-11,27H,2-5,9,12H2,1H3,(H,25,28)/t22-/m1/s1. The normalized spacial score (nSPS) is 20.5. The number of aliphatic hydroxyl groups excluding tert-OH is 1. The van der Waals surface area contributed by atoms with E-state index in [0.717, 1.165) is 34.8 Å². The lowest BCUT2D eigenvalue weighted by molar-refractivity contribution is 0.0446. The van der Waals surface area contributed by atoms with Crippen molar-refractivity contribution in [1.29, 1.82) is 0 Å². The van der Waals surface area contributed by atoms with E-state index in [1.165, 1.54) is 11.3 Å². The highest BCUT2D eigenvalue weighted by molar-refractivity contribution is 7.17. The number of halogens is 1. The molecule has 1 saturated heterocycles. The number of amides is 1. The average molecular weight is 460 g/mol. The van der Waals surface area contributed by atoms with Crippen molar-refractivity contribution in [1.82, 2.24) is 4.98 Å². The van der Waals surface area contributed by atoms with E-state index in [9.17, 15) is 9.90 Å². The van der Waals surface area contributed by atoms with E-state index in [1.54, 1.807) is 11.6 Å². The van der Waals surface area contributed by atoms with Crippen LogP contribution in [0.15, 0.2) is 29.8 Å². The fourth-order valence-electron chi connectivity index (χ4n) is 4.05. The second-order valence-electron chi connectivity index (χ2n) is 8.07. The quantitative estimate of drug-likeness (QED) is 0.618. The van der Waals surface area contributed by atoms with Crippen LogP contribution >= 0.6 is 22.9 Å². The molecule has 1 amide bonds. The molecule has 0 bridgehead atoms. The average Bonchev–Trinajstić information content (AvgIpc) is 3.33. The number of thiophene rings is 1. The van der Waals surface area contributed by atoms with Gasteiger partial charge in [-0.05, 0) is 19.1 Å². The summed E-state index contributed by atoms with van der Waals surface area (Å²) in [5.41, 5.74) is 3.06. The van der Waals surface area contributed by atoms with E-state index in [4.69, 9.17) is 21.1 Å². The summed E-state index contributed by atoms with van der Waals surface area (Å²) in [6.07, 6.45) is 2.13. The third-order valence-corrected chi connectivity index (χ3v) is 6.78. The molecule has 0 saturated carbocycles. The van der Waals surface area contributed by atoms with Crippen molar-refractivity contribution < 1.29 is 19.4 Å². The van der Waals surface area contributed by atoms with Crippen molar-refractivity contribution in [2.45, 2.75) is 18.9 Å². The summed E-state index contributed by atoms with van der Waals surface area (Å²) in [7, 11) is 0. The number of aromatic nitrogens is 1. The summed E-state index contributed by atoms with van der Waals surface area (Å²) >= 11 is 7.47. The van der Waals surface area contributed by atoms with Crippen molar-refractivity contribution in [3.63, 3.8) is 0 Å². The zero-order valence-electron chi connectivity index (χ0n) is 17.0. The number of anilines is 2. The van der Waals surface area contributed by atoms with E-state index < -0.39 is 5.60 Å². The highest BCUT2D eigenvalue weighted by Gasteiger charge is 2.35. The van der Waals surface area contributed by atoms with Crippen LogP contribution in [0.5, 0.6) is 5.75 Å². The summed E-state index contributed by atoms with van der Waals surface area (Å²) in [6.45, 7) is 4.50. The van der Waals surface area contributed by atoms with Crippen LogP contribution in [0.2, 0.25) is 5.02 Å². The first-order valence-corrected chi connectivity index (χ1v) is 11.4. The molecule has 9 heteroatoms. The summed E-state index contributed by atoms with van der Waals surface area (Å²) in [5.74, 6) is 0.521. The molecule has 162 valence electrons. The number of morpholine rings is 1. The highest BCUT2D eigenvalue weighted by atomic mass is 35.5. The van der Waals surface area contributed by atoms with Gasteiger partial charge in [0.05, 0.1) is 52.0 Å². The van der Waals surface area contributed by atoms with E-state index in [0.29, 0.717) is 41.4 Å². The van der Waals surface area contributed by atoms with Crippen molar-refractivity contribution in [3.8, 4) is 5.75 Å². The SMILES string of the molecule is C[C@]1(CO)Cc2cc(NC(=O)c3csc4cc(Cl)cnc34)c(N3CCOCC3)cc2O1. The molecule has 7 nitrogen and oxygen atoms in total. The van der Waals surface area contributed by atoms with Crippen LogP contribution in [0.1, 0.15) is 22.8 Å². The summed E-state index contributed by atoms with van der Waals surface area (Å²) in [4.78, 5) is 19.7. The Hall–Kier alpha value is -2.39. The van der Waals surface area contributed by atoms with Crippen LogP contribution < -0.4 is 15.0 Å². The first kappa shape index (κ1) is 20.5. The Morgan fingerprint density at radius 2 is 2.16 bits per heavy atom. The van der Waals surface area contributed by atoms with Crippen molar-refractivity contribution in [2.24, 2.45) is 0 Å². The number of fused-ring (bicyclic) bond motifs is 2. The van der Waals surface area contributed by atoms with Gasteiger partial charge < -0.3 is 24.8 Å². The molecule has 2 aromatic heterocycles. The molecule has 1 fully saturated rings. The van der Waals surface area contributed by atoms with Crippen LogP contribution in [-0.2, 0) is 11.2 Å². The van der Waals surface area contributed by atoms with Gasteiger partial charge >= 0.3 is 0 Å². The van der Waals surface area contributed by atoms with Gasteiger partial charge in [0.25, 0.3) is 5.91 Å². The number of pyridine rings is 1. The number of nitrogens with one attached hydrogen (secondary N) is 1. The van der Waals surface area contributed by atoms with Gasteiger partial charge in [0.1, 0.15) is 11.4 Å². The number of carbonyl (C=O) groups excluding carboxylic acids is 1. The fraction of sp³-hybridized carbons (Fsp3) is 0.364. The van der Waals surface area contributed by atoms with Crippen LogP contribution in [0, 0.1) is 0 Å². The Kier molecular flexibility index (Phi) is 5.26. The minimum absolute atomic E-state index is 0.0780. The van der Waals surface area contributed by atoms with Crippen LogP contribution in [-0.4, -0.2) is 54.5 Å². The second kappa shape index (κ2) is 7.94. The lowest BCUT2D eigenvalue weighted by atomic mass is 9.99. The van der Waals surface area contributed by atoms with Gasteiger partial charge in [0.2, 0.25) is 0 Å². The predicted molar refractivity (Wildman–Crippen MR) is 122 cm³/mol.